The van der Waals surface area contributed by atoms with Crippen molar-refractivity contribution in [3.8, 4) is 6.07 Å². The van der Waals surface area contributed by atoms with Crippen molar-refractivity contribution in [2.75, 3.05) is 18.9 Å². The number of likely N-dealkylation sites (N-methyl/N-ethyl adjacent to an activating group) is 1. The molecular formula is C34H38FN7O4. The second-order valence-electron chi connectivity index (χ2n) is 14.1. The fraction of sp³-hybridized carbons (Fsp3) is 0.471. The Kier molecular flexibility index (Phi) is 7.61. The number of carbonyl (C=O) groups is 4. The van der Waals surface area contributed by atoms with Crippen LogP contribution in [0.1, 0.15) is 75.3 Å². The maximum absolute atomic E-state index is 14.9. The summed E-state index contributed by atoms with van der Waals surface area (Å²) < 4.78 is 16.6. The SMILES string of the molecule is C[C@H](NC(=O)c1cc(F)c2nn(C3CC3)cc2c1)C(=O)N(C)[C@@H](CC(C)(C)C)C(=O)N1C[C@]2(C[C@H]1C#N)C(=O)Nc1ccccc12. The summed E-state index contributed by atoms with van der Waals surface area (Å²) in [4.78, 5) is 57.3. The van der Waals surface area contributed by atoms with E-state index in [1.54, 1.807) is 23.0 Å². The van der Waals surface area contributed by atoms with Gasteiger partial charge in [-0.1, -0.05) is 39.0 Å². The van der Waals surface area contributed by atoms with Gasteiger partial charge in [-0.15, -0.1) is 0 Å². The average molecular weight is 628 g/mol. The van der Waals surface area contributed by atoms with Crippen LogP contribution in [0.5, 0.6) is 0 Å². The van der Waals surface area contributed by atoms with Gasteiger partial charge in [-0.2, -0.15) is 10.4 Å². The van der Waals surface area contributed by atoms with Gasteiger partial charge in [0.25, 0.3) is 5.91 Å². The van der Waals surface area contributed by atoms with Crippen molar-refractivity contribution >= 4 is 40.2 Å². The summed E-state index contributed by atoms with van der Waals surface area (Å²) in [6.45, 7) is 7.35. The number of amides is 4. The minimum absolute atomic E-state index is 0.00718. The van der Waals surface area contributed by atoms with E-state index in [0.717, 1.165) is 24.5 Å². The molecule has 0 radical (unpaired) electrons. The second kappa shape index (κ2) is 11.2. The summed E-state index contributed by atoms with van der Waals surface area (Å²) in [6, 6.07) is 9.50. The largest absolute Gasteiger partial charge is 0.341 e. The highest BCUT2D eigenvalue weighted by atomic mass is 19.1. The molecule has 3 aromatic rings. The Balaban J connectivity index is 1.21. The lowest BCUT2D eigenvalue weighted by atomic mass is 9.80. The number of hydrogen-bond donors (Lipinski definition) is 2. The molecule has 1 aliphatic carbocycles. The van der Waals surface area contributed by atoms with E-state index in [1.165, 1.54) is 23.8 Å². The number of nitriles is 1. The van der Waals surface area contributed by atoms with E-state index in [9.17, 15) is 28.8 Å². The van der Waals surface area contributed by atoms with Crippen molar-refractivity contribution in [3.63, 3.8) is 0 Å². The summed E-state index contributed by atoms with van der Waals surface area (Å²) in [5.74, 6) is -2.48. The summed E-state index contributed by atoms with van der Waals surface area (Å²) >= 11 is 0. The summed E-state index contributed by atoms with van der Waals surface area (Å²) in [6.07, 6.45) is 4.10. The molecule has 4 atom stereocenters. The number of aromatic nitrogens is 2. The third kappa shape index (κ3) is 5.48. The predicted octanol–water partition coefficient (Wildman–Crippen LogP) is 3.91. The summed E-state index contributed by atoms with van der Waals surface area (Å²) in [7, 11) is 1.50. The van der Waals surface area contributed by atoms with E-state index in [1.807, 2.05) is 39.0 Å². The van der Waals surface area contributed by atoms with Gasteiger partial charge in [0.2, 0.25) is 17.7 Å². The van der Waals surface area contributed by atoms with Gasteiger partial charge in [-0.25, -0.2) is 4.39 Å². The van der Waals surface area contributed by atoms with Crippen molar-refractivity contribution < 1.29 is 23.6 Å². The number of benzene rings is 2. The van der Waals surface area contributed by atoms with Crippen molar-refractivity contribution in [1.82, 2.24) is 24.9 Å². The maximum Gasteiger partial charge on any atom is 0.252 e. The molecule has 11 nitrogen and oxygen atoms in total. The van der Waals surface area contributed by atoms with E-state index in [4.69, 9.17) is 0 Å². The molecule has 2 fully saturated rings. The van der Waals surface area contributed by atoms with Crippen LogP contribution in [0.3, 0.4) is 0 Å². The molecule has 4 amide bonds. The van der Waals surface area contributed by atoms with Crippen molar-refractivity contribution in [2.24, 2.45) is 5.41 Å². The number of para-hydroxylation sites is 1. The van der Waals surface area contributed by atoms with Crippen molar-refractivity contribution in [1.29, 1.82) is 5.26 Å². The van der Waals surface area contributed by atoms with Crippen molar-refractivity contribution in [2.45, 2.75) is 83.0 Å². The van der Waals surface area contributed by atoms with Crippen LogP contribution in [-0.2, 0) is 19.8 Å². The molecule has 3 aliphatic rings. The number of carbonyl (C=O) groups excluding carboxylic acids is 4. The predicted molar refractivity (Wildman–Crippen MR) is 168 cm³/mol. The molecular weight excluding hydrogens is 589 g/mol. The number of anilines is 1. The monoisotopic (exact) mass is 627 g/mol. The van der Waals surface area contributed by atoms with E-state index in [2.05, 4.69) is 21.8 Å². The quantitative estimate of drug-likeness (QED) is 0.407. The Morgan fingerprint density at radius 1 is 1.24 bits per heavy atom. The lowest BCUT2D eigenvalue weighted by Gasteiger charge is -2.36. The second-order valence-corrected chi connectivity index (χ2v) is 14.1. The maximum atomic E-state index is 14.9. The first-order chi connectivity index (χ1) is 21.7. The van der Waals surface area contributed by atoms with Gasteiger partial charge in [0.05, 0.1) is 17.5 Å². The van der Waals surface area contributed by atoms with Gasteiger partial charge >= 0.3 is 0 Å². The molecule has 1 saturated heterocycles. The number of fused-ring (bicyclic) bond motifs is 3. The van der Waals surface area contributed by atoms with Crippen LogP contribution in [-0.4, -0.2) is 74.9 Å². The smallest absolute Gasteiger partial charge is 0.252 e. The lowest BCUT2D eigenvalue weighted by molar-refractivity contribution is -0.146. The van der Waals surface area contributed by atoms with Gasteiger partial charge in [-0.05, 0) is 55.4 Å². The summed E-state index contributed by atoms with van der Waals surface area (Å²) in [5.41, 5.74) is 0.202. The highest BCUT2D eigenvalue weighted by Gasteiger charge is 2.57. The Bertz CT molecular complexity index is 1800. The van der Waals surface area contributed by atoms with Crippen LogP contribution in [0.2, 0.25) is 0 Å². The van der Waals surface area contributed by atoms with Gasteiger partial charge in [0.15, 0.2) is 5.82 Å². The number of halogens is 1. The fourth-order valence-electron chi connectivity index (χ4n) is 6.72. The molecule has 46 heavy (non-hydrogen) atoms. The van der Waals surface area contributed by atoms with Crippen molar-refractivity contribution in [3.05, 3.63) is 59.5 Å². The first-order valence-corrected chi connectivity index (χ1v) is 15.6. The molecule has 0 unspecified atom stereocenters. The van der Waals surface area contributed by atoms with Crippen LogP contribution in [0.15, 0.2) is 42.6 Å². The molecule has 2 aliphatic heterocycles. The zero-order chi connectivity index (χ0) is 33.1. The highest BCUT2D eigenvalue weighted by molar-refractivity contribution is 6.07. The Labute approximate surface area is 266 Å². The molecule has 12 heteroatoms. The van der Waals surface area contributed by atoms with Crippen LogP contribution < -0.4 is 10.6 Å². The molecule has 1 saturated carbocycles. The van der Waals surface area contributed by atoms with Gasteiger partial charge < -0.3 is 20.4 Å². The molecule has 2 aromatic carbocycles. The summed E-state index contributed by atoms with van der Waals surface area (Å²) in [5, 5.41) is 20.5. The highest BCUT2D eigenvalue weighted by Crippen LogP contribution is 2.46. The van der Waals surface area contributed by atoms with E-state index >= 15 is 0 Å². The van der Waals surface area contributed by atoms with Crippen LogP contribution in [0.25, 0.3) is 10.9 Å². The first-order valence-electron chi connectivity index (χ1n) is 15.6. The zero-order valence-corrected chi connectivity index (χ0v) is 26.6. The first kappa shape index (κ1) is 31.2. The number of hydrogen-bond acceptors (Lipinski definition) is 6. The molecule has 1 aromatic heterocycles. The number of nitrogens with one attached hydrogen (secondary N) is 2. The average Bonchev–Trinajstić information content (AvgIpc) is 3.55. The standard InChI is InChI=1S/C34H38FN7O4/c1-19(37-29(43)20-12-21-17-42(22-10-11-22)39-28(21)25(35)13-20)30(44)40(5)27(15-33(2,3)4)31(45)41-18-34(14-23(41)16-36)24-8-6-7-9-26(24)38-32(34)46/h6-9,12-13,17,19,22-23,27H,10-11,14-15,18H2,1-5H3,(H,37,43)(H,38,46)/t19-,23-,27-,34-/m0/s1. The molecule has 6 rings (SSSR count). The molecule has 2 N–H and O–H groups in total. The topological polar surface area (TPSA) is 140 Å². The molecule has 3 heterocycles. The Hall–Kier alpha value is -4.79. The molecule has 240 valence electrons. The minimum Gasteiger partial charge on any atom is -0.341 e. The number of nitrogens with zero attached hydrogens (tertiary/aromatic N) is 5. The van der Waals surface area contributed by atoms with Gasteiger partial charge in [0.1, 0.15) is 23.6 Å². The number of likely N-dealkylation sites (tertiary alicyclic amines) is 1. The molecule has 1 spiro atoms. The van der Waals surface area contributed by atoms with Crippen LogP contribution in [0.4, 0.5) is 10.1 Å². The Morgan fingerprint density at radius 2 is 1.96 bits per heavy atom. The lowest BCUT2D eigenvalue weighted by Crippen LogP contribution is -2.56. The third-order valence-electron chi connectivity index (χ3n) is 9.30. The minimum atomic E-state index is -1.06. The zero-order valence-electron chi connectivity index (χ0n) is 26.6. The van der Waals surface area contributed by atoms with E-state index in [-0.39, 0.29) is 42.4 Å². The molecule has 0 bridgehead atoms. The van der Waals surface area contributed by atoms with Gasteiger partial charge in [-0.3, -0.25) is 23.9 Å². The fourth-order valence-corrected chi connectivity index (χ4v) is 6.72. The Morgan fingerprint density at radius 3 is 2.63 bits per heavy atom. The van der Waals surface area contributed by atoms with E-state index in [0.29, 0.717) is 11.1 Å². The van der Waals surface area contributed by atoms with Crippen LogP contribution >= 0.6 is 0 Å². The van der Waals surface area contributed by atoms with Gasteiger partial charge in [0, 0.05) is 42.8 Å². The van der Waals surface area contributed by atoms with E-state index < -0.39 is 52.5 Å². The third-order valence-corrected chi connectivity index (χ3v) is 9.30. The van der Waals surface area contributed by atoms with Crippen LogP contribution in [0, 0.1) is 22.6 Å². The number of rotatable bonds is 7. The normalized spacial score (nSPS) is 21.9.